The van der Waals surface area contributed by atoms with Gasteiger partial charge < -0.3 is 10.1 Å². The maximum Gasteiger partial charge on any atom is 0.216 e. The second-order valence-electron chi connectivity index (χ2n) is 7.62. The van der Waals surface area contributed by atoms with Gasteiger partial charge in [0, 0.05) is 38.5 Å². The van der Waals surface area contributed by atoms with Crippen LogP contribution in [0.4, 0.5) is 0 Å². The highest BCUT2D eigenvalue weighted by Crippen LogP contribution is 2.25. The first-order valence-electron chi connectivity index (χ1n) is 9.37. The van der Waals surface area contributed by atoms with Crippen molar-refractivity contribution in [1.29, 1.82) is 0 Å². The number of nitrogens with zero attached hydrogens (tertiary/aromatic N) is 1. The lowest BCUT2D eigenvalue weighted by atomic mass is 9.93. The van der Waals surface area contributed by atoms with E-state index in [1.807, 2.05) is 13.0 Å². The van der Waals surface area contributed by atoms with Gasteiger partial charge in [-0.15, -0.1) is 0 Å². The van der Waals surface area contributed by atoms with Crippen molar-refractivity contribution >= 4 is 5.91 Å². The Labute approximate surface area is 154 Å². The van der Waals surface area contributed by atoms with Crippen molar-refractivity contribution in [3.05, 3.63) is 35.1 Å². The minimum atomic E-state index is 0.0553. The number of amides is 1. The molecule has 0 aromatic heterocycles. The fraction of sp³-hybridized carbons (Fsp3) is 0.667. The van der Waals surface area contributed by atoms with Crippen LogP contribution in [0.3, 0.4) is 0 Å². The fourth-order valence-corrected chi connectivity index (χ4v) is 2.93. The van der Waals surface area contributed by atoms with E-state index in [-0.39, 0.29) is 5.91 Å². The van der Waals surface area contributed by atoms with Crippen molar-refractivity contribution in [1.82, 2.24) is 10.2 Å². The lowest BCUT2D eigenvalue weighted by Gasteiger charge is -2.44. The minimum Gasteiger partial charge on any atom is -0.494 e. The van der Waals surface area contributed by atoms with Gasteiger partial charge in [0.25, 0.3) is 0 Å². The molecular weight excluding hydrogens is 312 g/mol. The van der Waals surface area contributed by atoms with E-state index in [2.05, 4.69) is 57.0 Å². The molecule has 1 heterocycles. The summed E-state index contributed by atoms with van der Waals surface area (Å²) in [5.74, 6) is 2.06. The smallest absolute Gasteiger partial charge is 0.216 e. The van der Waals surface area contributed by atoms with Crippen LogP contribution in [0.2, 0.25) is 0 Å². The summed E-state index contributed by atoms with van der Waals surface area (Å²) in [6.45, 7) is 18.1. The summed E-state index contributed by atoms with van der Waals surface area (Å²) in [6, 6.07) is 0.373. The number of rotatable bonds is 9. The predicted octanol–water partition coefficient (Wildman–Crippen LogP) is 3.91. The molecule has 0 saturated carbocycles. The van der Waals surface area contributed by atoms with Gasteiger partial charge in [0.15, 0.2) is 0 Å². The standard InChI is InChI=1S/C21H36N2O2/c1-8-20(25-14-15(2)3)9-10-21(16(4)5)17(6)23-12-19(13-23)11-22-18(7)24/h8-10,15,17,19H,11-14H2,1-7H3,(H,22,24)/b10-9-,20-8-. The van der Waals surface area contributed by atoms with Crippen LogP contribution in [0.1, 0.15) is 48.5 Å². The van der Waals surface area contributed by atoms with Crippen LogP contribution in [0.5, 0.6) is 0 Å². The van der Waals surface area contributed by atoms with Crippen molar-refractivity contribution in [3.8, 4) is 0 Å². The summed E-state index contributed by atoms with van der Waals surface area (Å²) in [4.78, 5) is 13.5. The molecule has 0 radical (unpaired) electrons. The summed E-state index contributed by atoms with van der Waals surface area (Å²) in [6.07, 6.45) is 6.28. The fourth-order valence-electron chi connectivity index (χ4n) is 2.93. The average molecular weight is 349 g/mol. The van der Waals surface area contributed by atoms with E-state index in [1.165, 1.54) is 11.1 Å². The monoisotopic (exact) mass is 348 g/mol. The highest BCUT2D eigenvalue weighted by molar-refractivity contribution is 5.72. The highest BCUT2D eigenvalue weighted by atomic mass is 16.5. The van der Waals surface area contributed by atoms with Crippen LogP contribution in [0, 0.1) is 11.8 Å². The van der Waals surface area contributed by atoms with Gasteiger partial charge in [0.05, 0.1) is 6.61 Å². The van der Waals surface area contributed by atoms with Crippen molar-refractivity contribution in [2.45, 2.75) is 54.5 Å². The number of hydrogen-bond acceptors (Lipinski definition) is 3. The minimum absolute atomic E-state index is 0.0553. The van der Waals surface area contributed by atoms with E-state index in [0.717, 1.165) is 32.0 Å². The van der Waals surface area contributed by atoms with Gasteiger partial charge in [0.2, 0.25) is 5.91 Å². The zero-order valence-corrected chi connectivity index (χ0v) is 17.1. The molecule has 0 bridgehead atoms. The predicted molar refractivity (Wildman–Crippen MR) is 105 cm³/mol. The van der Waals surface area contributed by atoms with E-state index in [9.17, 15) is 4.79 Å². The Morgan fingerprint density at radius 1 is 1.20 bits per heavy atom. The van der Waals surface area contributed by atoms with Crippen LogP contribution in [0.25, 0.3) is 0 Å². The first-order valence-corrected chi connectivity index (χ1v) is 9.37. The summed E-state index contributed by atoms with van der Waals surface area (Å²) in [5, 5.41) is 2.91. The SMILES string of the molecule is C/C=C(/C=C\C(=C(C)C)C(C)N1CC(CNC(C)=O)C1)OCC(C)C. The molecule has 1 unspecified atom stereocenters. The van der Waals surface area contributed by atoms with E-state index in [1.54, 1.807) is 6.92 Å². The van der Waals surface area contributed by atoms with Crippen LogP contribution >= 0.6 is 0 Å². The molecule has 4 nitrogen and oxygen atoms in total. The normalized spacial score (nSPS) is 17.5. The third-order valence-electron chi connectivity index (χ3n) is 4.50. The summed E-state index contributed by atoms with van der Waals surface area (Å²) < 4.78 is 5.83. The van der Waals surface area contributed by atoms with E-state index < -0.39 is 0 Å². The van der Waals surface area contributed by atoms with Gasteiger partial charge >= 0.3 is 0 Å². The number of hydrogen-bond donors (Lipinski definition) is 1. The first kappa shape index (κ1) is 21.5. The van der Waals surface area contributed by atoms with Crippen molar-refractivity contribution < 1.29 is 9.53 Å². The molecular formula is C21H36N2O2. The lowest BCUT2D eigenvalue weighted by molar-refractivity contribution is -0.119. The Hall–Kier alpha value is -1.55. The molecule has 1 rings (SSSR count). The summed E-state index contributed by atoms with van der Waals surface area (Å²) >= 11 is 0. The molecule has 25 heavy (non-hydrogen) atoms. The van der Waals surface area contributed by atoms with Crippen LogP contribution in [0.15, 0.2) is 35.1 Å². The molecule has 0 aliphatic carbocycles. The molecule has 142 valence electrons. The molecule has 1 saturated heterocycles. The van der Waals surface area contributed by atoms with Gasteiger partial charge in [-0.25, -0.2) is 0 Å². The molecule has 1 amide bonds. The molecule has 1 aliphatic heterocycles. The van der Waals surface area contributed by atoms with Crippen LogP contribution < -0.4 is 5.32 Å². The third-order valence-corrected chi connectivity index (χ3v) is 4.50. The molecule has 0 aromatic rings. The Morgan fingerprint density at radius 2 is 1.84 bits per heavy atom. The highest BCUT2D eigenvalue weighted by Gasteiger charge is 2.31. The molecule has 0 spiro atoms. The van der Waals surface area contributed by atoms with Gasteiger partial charge in [-0.1, -0.05) is 25.5 Å². The number of likely N-dealkylation sites (tertiary alicyclic amines) is 1. The van der Waals surface area contributed by atoms with E-state index >= 15 is 0 Å². The summed E-state index contributed by atoms with van der Waals surface area (Å²) in [5.41, 5.74) is 2.67. The Morgan fingerprint density at radius 3 is 2.32 bits per heavy atom. The zero-order chi connectivity index (χ0) is 19.0. The van der Waals surface area contributed by atoms with E-state index in [4.69, 9.17) is 4.74 Å². The molecule has 1 fully saturated rings. The van der Waals surface area contributed by atoms with Gasteiger partial charge in [-0.2, -0.15) is 0 Å². The van der Waals surface area contributed by atoms with Crippen LogP contribution in [-0.4, -0.2) is 43.1 Å². The second kappa shape index (κ2) is 10.4. The maximum atomic E-state index is 11.0. The van der Waals surface area contributed by atoms with Crippen LogP contribution in [-0.2, 0) is 9.53 Å². The quantitative estimate of drug-likeness (QED) is 0.507. The van der Waals surface area contributed by atoms with Crippen molar-refractivity contribution in [2.24, 2.45) is 11.8 Å². The summed E-state index contributed by atoms with van der Waals surface area (Å²) in [7, 11) is 0. The number of ether oxygens (including phenoxy) is 1. The lowest BCUT2D eigenvalue weighted by Crippen LogP contribution is -2.55. The van der Waals surface area contributed by atoms with Gasteiger partial charge in [-0.05, 0) is 51.3 Å². The number of carbonyl (C=O) groups excluding carboxylic acids is 1. The molecule has 1 N–H and O–H groups in total. The third kappa shape index (κ3) is 7.47. The van der Waals surface area contributed by atoms with Crippen molar-refractivity contribution in [2.75, 3.05) is 26.2 Å². The second-order valence-corrected chi connectivity index (χ2v) is 7.62. The average Bonchev–Trinajstić information content (AvgIpc) is 2.47. The van der Waals surface area contributed by atoms with Gasteiger partial charge in [0.1, 0.15) is 5.76 Å². The molecule has 1 aliphatic rings. The Kier molecular flexibility index (Phi) is 8.98. The maximum absolute atomic E-state index is 11.0. The van der Waals surface area contributed by atoms with E-state index in [0.29, 0.717) is 17.9 Å². The number of allylic oxidation sites excluding steroid dienone is 3. The number of nitrogens with one attached hydrogen (secondary N) is 1. The number of carbonyl (C=O) groups is 1. The molecule has 1 atom stereocenters. The van der Waals surface area contributed by atoms with Crippen molar-refractivity contribution in [3.63, 3.8) is 0 Å². The van der Waals surface area contributed by atoms with Gasteiger partial charge in [-0.3, -0.25) is 9.69 Å². The zero-order valence-electron chi connectivity index (χ0n) is 17.1. The first-order chi connectivity index (χ1) is 11.7. The Balaban J connectivity index is 2.61. The Bertz CT molecular complexity index is 522. The molecule has 4 heteroatoms. The largest absolute Gasteiger partial charge is 0.494 e. The topological polar surface area (TPSA) is 41.6 Å². The molecule has 0 aromatic carbocycles.